The predicted octanol–water partition coefficient (Wildman–Crippen LogP) is 0.715. The summed E-state index contributed by atoms with van der Waals surface area (Å²) in [5.41, 5.74) is 1.27. The Morgan fingerprint density at radius 3 is 2.94 bits per heavy atom. The summed E-state index contributed by atoms with van der Waals surface area (Å²) in [4.78, 5) is 6.70. The average Bonchev–Trinajstić information content (AvgIpc) is 2.86. The number of aromatic nitrogens is 2. The van der Waals surface area contributed by atoms with Crippen LogP contribution in [0.25, 0.3) is 0 Å². The van der Waals surface area contributed by atoms with E-state index in [9.17, 15) is 0 Å². The molecule has 1 aliphatic rings. The molecule has 0 bridgehead atoms. The lowest BCUT2D eigenvalue weighted by atomic mass is 10.4. The van der Waals surface area contributed by atoms with Crippen molar-refractivity contribution in [2.45, 2.75) is 26.4 Å². The van der Waals surface area contributed by atoms with E-state index in [0.717, 1.165) is 52.5 Å². The van der Waals surface area contributed by atoms with Crippen molar-refractivity contribution in [3.05, 3.63) is 18.2 Å². The molecule has 1 N–H and O–H groups in total. The van der Waals surface area contributed by atoms with Crippen LogP contribution in [0.4, 0.5) is 0 Å². The molecule has 1 aliphatic heterocycles. The van der Waals surface area contributed by atoms with Crippen LogP contribution in [0.5, 0.6) is 0 Å². The molecule has 0 radical (unpaired) electrons. The van der Waals surface area contributed by atoms with Gasteiger partial charge in [0.25, 0.3) is 0 Å². The zero-order valence-corrected chi connectivity index (χ0v) is 11.3. The van der Waals surface area contributed by atoms with Crippen LogP contribution in [-0.2, 0) is 17.8 Å². The minimum Gasteiger partial charge on any atom is -0.379 e. The van der Waals surface area contributed by atoms with Crippen LogP contribution in [0.15, 0.2) is 12.5 Å². The average molecular weight is 252 g/mol. The van der Waals surface area contributed by atoms with Crippen molar-refractivity contribution >= 4 is 0 Å². The Bertz CT molecular complexity index is 333. The van der Waals surface area contributed by atoms with Gasteiger partial charge in [-0.1, -0.05) is 6.92 Å². The van der Waals surface area contributed by atoms with Gasteiger partial charge in [-0.15, -0.1) is 0 Å². The second-order valence-corrected chi connectivity index (χ2v) is 4.71. The first-order valence-corrected chi connectivity index (χ1v) is 6.90. The molecule has 2 heterocycles. The van der Waals surface area contributed by atoms with Gasteiger partial charge in [0.05, 0.1) is 25.2 Å². The number of morpholine rings is 1. The van der Waals surface area contributed by atoms with Crippen molar-refractivity contribution in [1.29, 1.82) is 0 Å². The molecule has 0 aliphatic carbocycles. The van der Waals surface area contributed by atoms with Crippen molar-refractivity contribution in [3.8, 4) is 0 Å². The zero-order valence-electron chi connectivity index (χ0n) is 11.3. The third-order valence-electron chi connectivity index (χ3n) is 3.29. The molecule has 5 heteroatoms. The molecular formula is C13H24N4O. The Hall–Kier alpha value is -0.910. The van der Waals surface area contributed by atoms with Crippen LogP contribution in [0.1, 0.15) is 19.0 Å². The normalized spacial score (nSPS) is 17.2. The summed E-state index contributed by atoms with van der Waals surface area (Å²) in [5.74, 6) is 0. The van der Waals surface area contributed by atoms with Crippen LogP contribution in [0.3, 0.4) is 0 Å². The first-order valence-electron chi connectivity index (χ1n) is 6.90. The Kier molecular flexibility index (Phi) is 5.64. The van der Waals surface area contributed by atoms with E-state index in [1.54, 1.807) is 0 Å². The fraction of sp³-hybridized carbons (Fsp3) is 0.769. The molecule has 18 heavy (non-hydrogen) atoms. The van der Waals surface area contributed by atoms with Gasteiger partial charge in [-0.3, -0.25) is 4.90 Å². The highest BCUT2D eigenvalue weighted by molar-refractivity contribution is 4.98. The van der Waals surface area contributed by atoms with Gasteiger partial charge in [-0.25, -0.2) is 4.98 Å². The SMILES string of the molecule is CCCNCc1cncn1CCN1CCOCC1. The zero-order chi connectivity index (χ0) is 12.6. The minimum atomic E-state index is 0.870. The molecule has 0 aromatic carbocycles. The van der Waals surface area contributed by atoms with E-state index in [1.807, 2.05) is 12.5 Å². The number of nitrogens with zero attached hydrogens (tertiary/aromatic N) is 3. The Labute approximate surface area is 109 Å². The maximum Gasteiger partial charge on any atom is 0.0949 e. The molecule has 102 valence electrons. The molecule has 1 fully saturated rings. The third-order valence-corrected chi connectivity index (χ3v) is 3.29. The maximum atomic E-state index is 5.36. The van der Waals surface area contributed by atoms with E-state index >= 15 is 0 Å². The molecule has 5 nitrogen and oxygen atoms in total. The summed E-state index contributed by atoms with van der Waals surface area (Å²) in [6, 6.07) is 0. The Morgan fingerprint density at radius 1 is 1.33 bits per heavy atom. The smallest absolute Gasteiger partial charge is 0.0949 e. The molecule has 1 saturated heterocycles. The molecule has 1 aromatic rings. The lowest BCUT2D eigenvalue weighted by Gasteiger charge is -2.26. The highest BCUT2D eigenvalue weighted by atomic mass is 16.5. The largest absolute Gasteiger partial charge is 0.379 e. The Morgan fingerprint density at radius 2 is 2.17 bits per heavy atom. The van der Waals surface area contributed by atoms with Gasteiger partial charge in [-0.05, 0) is 13.0 Å². The van der Waals surface area contributed by atoms with Crippen molar-refractivity contribution in [3.63, 3.8) is 0 Å². The number of ether oxygens (including phenoxy) is 1. The van der Waals surface area contributed by atoms with Gasteiger partial charge >= 0.3 is 0 Å². The molecule has 0 atom stereocenters. The summed E-state index contributed by atoms with van der Waals surface area (Å²) in [5, 5.41) is 3.42. The number of rotatable bonds is 7. The molecule has 1 aromatic heterocycles. The third kappa shape index (κ3) is 4.08. The van der Waals surface area contributed by atoms with Gasteiger partial charge in [0.15, 0.2) is 0 Å². The van der Waals surface area contributed by atoms with Crippen LogP contribution >= 0.6 is 0 Å². The number of imidazole rings is 1. The van der Waals surface area contributed by atoms with Gasteiger partial charge in [0.1, 0.15) is 0 Å². The van der Waals surface area contributed by atoms with Crippen LogP contribution in [-0.4, -0.2) is 53.8 Å². The topological polar surface area (TPSA) is 42.3 Å². The lowest BCUT2D eigenvalue weighted by Crippen LogP contribution is -2.38. The Balaban J connectivity index is 1.75. The van der Waals surface area contributed by atoms with Gasteiger partial charge in [0.2, 0.25) is 0 Å². The van der Waals surface area contributed by atoms with E-state index in [1.165, 1.54) is 12.1 Å². The van der Waals surface area contributed by atoms with Crippen LogP contribution in [0.2, 0.25) is 0 Å². The number of nitrogens with one attached hydrogen (secondary N) is 1. The second kappa shape index (κ2) is 7.51. The number of hydrogen-bond donors (Lipinski definition) is 1. The fourth-order valence-corrected chi connectivity index (χ4v) is 2.16. The van der Waals surface area contributed by atoms with Crippen LogP contribution in [0, 0.1) is 0 Å². The predicted molar refractivity (Wildman–Crippen MR) is 71.5 cm³/mol. The quantitative estimate of drug-likeness (QED) is 0.726. The van der Waals surface area contributed by atoms with Gasteiger partial charge in [-0.2, -0.15) is 0 Å². The lowest BCUT2D eigenvalue weighted by molar-refractivity contribution is 0.0363. The second-order valence-electron chi connectivity index (χ2n) is 4.71. The first-order chi connectivity index (χ1) is 8.90. The summed E-state index contributed by atoms with van der Waals surface area (Å²) >= 11 is 0. The molecule has 0 spiro atoms. The van der Waals surface area contributed by atoms with E-state index in [4.69, 9.17) is 4.74 Å². The van der Waals surface area contributed by atoms with E-state index in [0.29, 0.717) is 0 Å². The van der Waals surface area contributed by atoms with Gasteiger partial charge < -0.3 is 14.6 Å². The number of hydrogen-bond acceptors (Lipinski definition) is 4. The molecule has 2 rings (SSSR count). The van der Waals surface area contributed by atoms with Crippen molar-refractivity contribution < 1.29 is 4.74 Å². The van der Waals surface area contributed by atoms with Gasteiger partial charge in [0, 0.05) is 38.9 Å². The van der Waals surface area contributed by atoms with Crippen molar-refractivity contribution in [2.75, 3.05) is 39.4 Å². The van der Waals surface area contributed by atoms with E-state index in [2.05, 4.69) is 26.7 Å². The van der Waals surface area contributed by atoms with Crippen LogP contribution < -0.4 is 5.32 Å². The summed E-state index contributed by atoms with van der Waals surface area (Å²) in [6.45, 7) is 10.1. The highest BCUT2D eigenvalue weighted by Gasteiger charge is 2.10. The highest BCUT2D eigenvalue weighted by Crippen LogP contribution is 2.02. The van der Waals surface area contributed by atoms with Crippen molar-refractivity contribution in [1.82, 2.24) is 19.8 Å². The monoisotopic (exact) mass is 252 g/mol. The standard InChI is InChI=1S/C13H24N4O/c1-2-3-14-10-13-11-15-12-17(13)5-4-16-6-8-18-9-7-16/h11-12,14H,2-10H2,1H3. The molecule has 0 amide bonds. The molecule has 0 unspecified atom stereocenters. The van der Waals surface area contributed by atoms with E-state index < -0.39 is 0 Å². The minimum absolute atomic E-state index is 0.870. The summed E-state index contributed by atoms with van der Waals surface area (Å²) in [6.07, 6.45) is 5.06. The fourth-order valence-electron chi connectivity index (χ4n) is 2.16. The molecular weight excluding hydrogens is 228 g/mol. The van der Waals surface area contributed by atoms with E-state index in [-0.39, 0.29) is 0 Å². The van der Waals surface area contributed by atoms with Crippen molar-refractivity contribution in [2.24, 2.45) is 0 Å². The summed E-state index contributed by atoms with van der Waals surface area (Å²) < 4.78 is 7.60. The maximum absolute atomic E-state index is 5.36. The molecule has 0 saturated carbocycles. The summed E-state index contributed by atoms with van der Waals surface area (Å²) in [7, 11) is 0. The first kappa shape index (κ1) is 13.5.